The van der Waals surface area contributed by atoms with Crippen LogP contribution in [-0.4, -0.2) is 35.8 Å². The third-order valence-electron chi connectivity index (χ3n) is 2.95. The summed E-state index contributed by atoms with van der Waals surface area (Å²) in [7, 11) is 1.58. The van der Waals surface area contributed by atoms with Crippen LogP contribution in [0.2, 0.25) is 0 Å². The van der Waals surface area contributed by atoms with Crippen LogP contribution in [0.15, 0.2) is 42.6 Å². The molecular formula is C16H19N3O3. The van der Waals surface area contributed by atoms with E-state index in [1.54, 1.807) is 56.6 Å². The fourth-order valence-corrected chi connectivity index (χ4v) is 1.77. The van der Waals surface area contributed by atoms with Gasteiger partial charge >= 0.3 is 0 Å². The number of nitrogens with one attached hydrogen (secondary N) is 2. The van der Waals surface area contributed by atoms with Crippen molar-refractivity contribution in [3.8, 4) is 5.75 Å². The van der Waals surface area contributed by atoms with Gasteiger partial charge in [0, 0.05) is 12.1 Å². The molecule has 1 heterocycles. The largest absolute Gasteiger partial charge is 0.497 e. The average molecular weight is 301 g/mol. The van der Waals surface area contributed by atoms with Gasteiger partial charge in [-0.2, -0.15) is 0 Å². The van der Waals surface area contributed by atoms with E-state index >= 15 is 0 Å². The Kier molecular flexibility index (Phi) is 5.32. The van der Waals surface area contributed by atoms with E-state index in [0.717, 1.165) is 0 Å². The van der Waals surface area contributed by atoms with E-state index < -0.39 is 6.10 Å². The molecule has 0 aliphatic carbocycles. The normalized spacial score (nSPS) is 11.6. The number of carbonyl (C=O) groups excluding carboxylic acids is 1. The second kappa shape index (κ2) is 7.42. The number of aliphatic hydroxyl groups is 1. The van der Waals surface area contributed by atoms with Gasteiger partial charge in [0.1, 0.15) is 11.6 Å². The molecule has 1 aromatic heterocycles. The molecule has 6 heteroatoms. The molecule has 0 spiro atoms. The van der Waals surface area contributed by atoms with Gasteiger partial charge in [0.2, 0.25) is 0 Å². The second-order valence-corrected chi connectivity index (χ2v) is 4.84. The van der Waals surface area contributed by atoms with Crippen molar-refractivity contribution in [3.63, 3.8) is 0 Å². The summed E-state index contributed by atoms with van der Waals surface area (Å²) in [6.07, 6.45) is 1.11. The summed E-state index contributed by atoms with van der Waals surface area (Å²) in [6, 6.07) is 10.3. The standard InChI is InChI=1S/C16H19N3O3/c1-11(20)9-17-15-8-5-13(10-18-15)19-16(21)12-3-6-14(22-2)7-4-12/h3-8,10-11,20H,9H2,1-2H3,(H,17,18)(H,19,21). The molecule has 1 aromatic carbocycles. The number of rotatable bonds is 6. The van der Waals surface area contributed by atoms with Gasteiger partial charge in [-0.15, -0.1) is 0 Å². The molecule has 0 radical (unpaired) electrons. The van der Waals surface area contributed by atoms with E-state index in [4.69, 9.17) is 4.74 Å². The summed E-state index contributed by atoms with van der Waals surface area (Å²) >= 11 is 0. The number of benzene rings is 1. The zero-order valence-electron chi connectivity index (χ0n) is 12.5. The Labute approximate surface area is 129 Å². The van der Waals surface area contributed by atoms with E-state index in [1.807, 2.05) is 0 Å². The van der Waals surface area contributed by atoms with Crippen LogP contribution < -0.4 is 15.4 Å². The molecule has 22 heavy (non-hydrogen) atoms. The predicted molar refractivity (Wildman–Crippen MR) is 85.4 cm³/mol. The molecule has 2 aromatic rings. The van der Waals surface area contributed by atoms with Gasteiger partial charge in [-0.1, -0.05) is 0 Å². The average Bonchev–Trinajstić information content (AvgIpc) is 2.54. The molecule has 2 rings (SSSR count). The third kappa shape index (κ3) is 4.46. The highest BCUT2D eigenvalue weighted by Crippen LogP contribution is 2.14. The van der Waals surface area contributed by atoms with Crippen LogP contribution in [0.5, 0.6) is 5.75 Å². The van der Waals surface area contributed by atoms with Crippen LogP contribution in [0, 0.1) is 0 Å². The molecule has 1 atom stereocenters. The summed E-state index contributed by atoms with van der Waals surface area (Å²) in [4.78, 5) is 16.3. The van der Waals surface area contributed by atoms with Crippen molar-refractivity contribution in [2.45, 2.75) is 13.0 Å². The first-order chi connectivity index (χ1) is 10.6. The second-order valence-electron chi connectivity index (χ2n) is 4.84. The highest BCUT2D eigenvalue weighted by atomic mass is 16.5. The number of carbonyl (C=O) groups is 1. The Morgan fingerprint density at radius 1 is 1.27 bits per heavy atom. The van der Waals surface area contributed by atoms with Crippen molar-refractivity contribution in [2.75, 3.05) is 24.3 Å². The molecule has 0 aliphatic rings. The molecule has 116 valence electrons. The molecular weight excluding hydrogens is 282 g/mol. The fraction of sp³-hybridized carbons (Fsp3) is 0.250. The SMILES string of the molecule is COc1ccc(C(=O)Nc2ccc(NCC(C)O)nc2)cc1. The number of amides is 1. The molecule has 0 bridgehead atoms. The lowest BCUT2D eigenvalue weighted by atomic mass is 10.2. The van der Waals surface area contributed by atoms with Gasteiger partial charge in [-0.25, -0.2) is 4.98 Å². The summed E-state index contributed by atoms with van der Waals surface area (Å²) in [5.41, 5.74) is 1.14. The van der Waals surface area contributed by atoms with Gasteiger partial charge in [0.05, 0.1) is 25.1 Å². The van der Waals surface area contributed by atoms with Crippen molar-refractivity contribution >= 4 is 17.4 Å². The van der Waals surface area contributed by atoms with Crippen LogP contribution in [-0.2, 0) is 0 Å². The Morgan fingerprint density at radius 3 is 2.55 bits per heavy atom. The Bertz CT molecular complexity index is 610. The van der Waals surface area contributed by atoms with E-state index in [-0.39, 0.29) is 5.91 Å². The minimum atomic E-state index is -0.448. The number of nitrogens with zero attached hydrogens (tertiary/aromatic N) is 1. The lowest BCUT2D eigenvalue weighted by Crippen LogP contribution is -2.16. The minimum Gasteiger partial charge on any atom is -0.497 e. The zero-order chi connectivity index (χ0) is 15.9. The molecule has 6 nitrogen and oxygen atoms in total. The first kappa shape index (κ1) is 15.8. The van der Waals surface area contributed by atoms with E-state index in [0.29, 0.717) is 29.4 Å². The number of pyridine rings is 1. The smallest absolute Gasteiger partial charge is 0.255 e. The maximum absolute atomic E-state index is 12.1. The number of hydrogen-bond acceptors (Lipinski definition) is 5. The number of hydrogen-bond donors (Lipinski definition) is 3. The minimum absolute atomic E-state index is 0.214. The van der Waals surface area contributed by atoms with Crippen molar-refractivity contribution < 1.29 is 14.6 Å². The molecule has 1 amide bonds. The molecule has 1 unspecified atom stereocenters. The van der Waals surface area contributed by atoms with E-state index in [9.17, 15) is 9.90 Å². The molecule has 0 aliphatic heterocycles. The van der Waals surface area contributed by atoms with Gasteiger partial charge < -0.3 is 20.5 Å². The van der Waals surface area contributed by atoms with Crippen LogP contribution in [0.4, 0.5) is 11.5 Å². The summed E-state index contributed by atoms with van der Waals surface area (Å²) in [6.45, 7) is 2.11. The van der Waals surface area contributed by atoms with Crippen LogP contribution >= 0.6 is 0 Å². The van der Waals surface area contributed by atoms with E-state index in [1.165, 1.54) is 0 Å². The lowest BCUT2D eigenvalue weighted by Gasteiger charge is -2.09. The van der Waals surface area contributed by atoms with Gasteiger partial charge in [-0.05, 0) is 43.3 Å². The maximum atomic E-state index is 12.1. The molecule has 0 saturated carbocycles. The highest BCUT2D eigenvalue weighted by Gasteiger charge is 2.06. The third-order valence-corrected chi connectivity index (χ3v) is 2.95. The number of aliphatic hydroxyl groups excluding tert-OH is 1. The summed E-state index contributed by atoms with van der Waals surface area (Å²) < 4.78 is 5.05. The quantitative estimate of drug-likeness (QED) is 0.761. The highest BCUT2D eigenvalue weighted by molar-refractivity contribution is 6.04. The number of methoxy groups -OCH3 is 1. The monoisotopic (exact) mass is 301 g/mol. The Hall–Kier alpha value is -2.60. The van der Waals surface area contributed by atoms with Crippen molar-refractivity contribution in [3.05, 3.63) is 48.2 Å². The summed E-state index contributed by atoms with van der Waals surface area (Å²) in [5.74, 6) is 1.13. The Morgan fingerprint density at radius 2 is 2.00 bits per heavy atom. The van der Waals surface area contributed by atoms with Gasteiger partial charge in [-0.3, -0.25) is 4.79 Å². The van der Waals surface area contributed by atoms with Crippen LogP contribution in [0.1, 0.15) is 17.3 Å². The van der Waals surface area contributed by atoms with Crippen LogP contribution in [0.25, 0.3) is 0 Å². The molecule has 3 N–H and O–H groups in total. The van der Waals surface area contributed by atoms with Gasteiger partial charge in [0.25, 0.3) is 5.91 Å². The first-order valence-corrected chi connectivity index (χ1v) is 6.92. The maximum Gasteiger partial charge on any atom is 0.255 e. The lowest BCUT2D eigenvalue weighted by molar-refractivity contribution is 0.102. The summed E-state index contributed by atoms with van der Waals surface area (Å²) in [5, 5.41) is 14.9. The van der Waals surface area contributed by atoms with Gasteiger partial charge in [0.15, 0.2) is 0 Å². The predicted octanol–water partition coefficient (Wildman–Crippen LogP) is 2.14. The number of ether oxygens (including phenoxy) is 1. The van der Waals surface area contributed by atoms with Crippen molar-refractivity contribution in [2.24, 2.45) is 0 Å². The molecule has 0 saturated heterocycles. The zero-order valence-corrected chi connectivity index (χ0v) is 12.5. The van der Waals surface area contributed by atoms with E-state index in [2.05, 4.69) is 15.6 Å². The van der Waals surface area contributed by atoms with Crippen molar-refractivity contribution in [1.82, 2.24) is 4.98 Å². The molecule has 0 fully saturated rings. The van der Waals surface area contributed by atoms with Crippen molar-refractivity contribution in [1.29, 1.82) is 0 Å². The first-order valence-electron chi connectivity index (χ1n) is 6.92. The number of aromatic nitrogens is 1. The van der Waals surface area contributed by atoms with Crippen LogP contribution in [0.3, 0.4) is 0 Å². The number of anilines is 2. The fourth-order valence-electron chi connectivity index (χ4n) is 1.77. The Balaban J connectivity index is 1.96. The topological polar surface area (TPSA) is 83.5 Å².